The molecule has 120 valence electrons. The van der Waals surface area contributed by atoms with E-state index in [-0.39, 0.29) is 0 Å². The van der Waals surface area contributed by atoms with Crippen molar-refractivity contribution in [1.82, 2.24) is 15.4 Å². The van der Waals surface area contributed by atoms with E-state index in [2.05, 4.69) is 53.3 Å². The van der Waals surface area contributed by atoms with E-state index in [0.29, 0.717) is 5.92 Å². The lowest BCUT2D eigenvalue weighted by Gasteiger charge is -2.10. The second kappa shape index (κ2) is 11.7. The Kier molecular flexibility index (Phi) is 9.59. The minimum absolute atomic E-state index is 0.716. The van der Waals surface area contributed by atoms with Crippen molar-refractivity contribution >= 4 is 6.21 Å². The molecular formula is C18H28N4. The molecule has 0 saturated carbocycles. The van der Waals surface area contributed by atoms with Crippen LogP contribution in [0.2, 0.25) is 0 Å². The molecule has 0 aliphatic rings. The van der Waals surface area contributed by atoms with E-state index in [1.807, 2.05) is 18.2 Å². The molecule has 1 atom stereocenters. The van der Waals surface area contributed by atoms with E-state index in [0.717, 1.165) is 12.2 Å². The van der Waals surface area contributed by atoms with Crippen molar-refractivity contribution in [3.8, 4) is 0 Å². The van der Waals surface area contributed by atoms with Crippen LogP contribution in [0.3, 0.4) is 0 Å². The van der Waals surface area contributed by atoms with Crippen molar-refractivity contribution in [1.29, 1.82) is 0 Å². The summed E-state index contributed by atoms with van der Waals surface area (Å²) in [4.78, 5) is 4.39. The molecule has 0 bridgehead atoms. The molecule has 0 amide bonds. The molecule has 0 aliphatic carbocycles. The summed E-state index contributed by atoms with van der Waals surface area (Å²) in [6, 6.07) is 10.3. The van der Waals surface area contributed by atoms with Gasteiger partial charge in [-0.2, -0.15) is 15.4 Å². The van der Waals surface area contributed by atoms with Gasteiger partial charge in [-0.1, -0.05) is 69.0 Å². The SMILES string of the molecule is CCCCC(CC)CN=Cc1cn[nH]n1.Cc1ccccc1. The van der Waals surface area contributed by atoms with Gasteiger partial charge in [0.1, 0.15) is 5.69 Å². The molecule has 22 heavy (non-hydrogen) atoms. The van der Waals surface area contributed by atoms with Gasteiger partial charge in [-0.3, -0.25) is 4.99 Å². The van der Waals surface area contributed by atoms with Gasteiger partial charge in [0.15, 0.2) is 0 Å². The van der Waals surface area contributed by atoms with Crippen LogP contribution in [0.25, 0.3) is 0 Å². The second-order valence-corrected chi connectivity index (χ2v) is 5.46. The van der Waals surface area contributed by atoms with Gasteiger partial charge in [-0.15, -0.1) is 0 Å². The molecule has 1 aromatic carbocycles. The Hall–Kier alpha value is -1.97. The van der Waals surface area contributed by atoms with Crippen LogP contribution >= 0.6 is 0 Å². The van der Waals surface area contributed by atoms with Gasteiger partial charge in [0.2, 0.25) is 0 Å². The summed E-state index contributed by atoms with van der Waals surface area (Å²) >= 11 is 0. The van der Waals surface area contributed by atoms with E-state index >= 15 is 0 Å². The van der Waals surface area contributed by atoms with Gasteiger partial charge in [-0.05, 0) is 19.3 Å². The summed E-state index contributed by atoms with van der Waals surface area (Å²) in [6.07, 6.45) is 8.52. The van der Waals surface area contributed by atoms with Crippen molar-refractivity contribution in [2.75, 3.05) is 6.54 Å². The maximum Gasteiger partial charge on any atom is 0.123 e. The van der Waals surface area contributed by atoms with Crippen molar-refractivity contribution in [2.45, 2.75) is 46.5 Å². The first kappa shape index (κ1) is 18.1. The minimum atomic E-state index is 0.716. The maximum absolute atomic E-state index is 4.39. The normalized spacial score (nSPS) is 12.0. The first-order chi connectivity index (χ1) is 10.8. The highest BCUT2D eigenvalue weighted by Gasteiger charge is 2.03. The van der Waals surface area contributed by atoms with E-state index in [4.69, 9.17) is 0 Å². The van der Waals surface area contributed by atoms with E-state index in [9.17, 15) is 0 Å². The van der Waals surface area contributed by atoms with Crippen LogP contribution in [-0.4, -0.2) is 28.2 Å². The van der Waals surface area contributed by atoms with Crippen molar-refractivity contribution in [3.05, 3.63) is 47.8 Å². The monoisotopic (exact) mass is 300 g/mol. The number of aromatic amines is 1. The Morgan fingerprint density at radius 3 is 2.50 bits per heavy atom. The van der Waals surface area contributed by atoms with Crippen LogP contribution in [-0.2, 0) is 0 Å². The van der Waals surface area contributed by atoms with Crippen molar-refractivity contribution < 1.29 is 0 Å². The Labute approximate surface area is 134 Å². The molecule has 2 aromatic rings. The topological polar surface area (TPSA) is 53.9 Å². The molecule has 1 heterocycles. The van der Waals surface area contributed by atoms with Gasteiger partial charge in [0.05, 0.1) is 12.4 Å². The average Bonchev–Trinajstić information content (AvgIpc) is 3.05. The fraction of sp³-hybridized carbons (Fsp3) is 0.500. The molecule has 0 fully saturated rings. The van der Waals surface area contributed by atoms with Gasteiger partial charge in [-0.25, -0.2) is 0 Å². The number of rotatable bonds is 7. The van der Waals surface area contributed by atoms with Gasteiger partial charge >= 0.3 is 0 Å². The number of hydrogen-bond acceptors (Lipinski definition) is 3. The van der Waals surface area contributed by atoms with E-state index in [1.54, 1.807) is 12.4 Å². The van der Waals surface area contributed by atoms with Crippen LogP contribution in [0.15, 0.2) is 41.5 Å². The molecule has 4 nitrogen and oxygen atoms in total. The fourth-order valence-electron chi connectivity index (χ4n) is 2.02. The lowest BCUT2D eigenvalue weighted by Crippen LogP contribution is -2.03. The molecule has 0 radical (unpaired) electrons. The first-order valence-corrected chi connectivity index (χ1v) is 8.13. The minimum Gasteiger partial charge on any atom is -0.291 e. The summed E-state index contributed by atoms with van der Waals surface area (Å²) < 4.78 is 0. The Balaban J connectivity index is 0.000000287. The predicted molar refractivity (Wildman–Crippen MR) is 93.3 cm³/mol. The van der Waals surface area contributed by atoms with Crippen molar-refractivity contribution in [2.24, 2.45) is 10.9 Å². The number of benzene rings is 1. The second-order valence-electron chi connectivity index (χ2n) is 5.46. The molecule has 0 saturated heterocycles. The lowest BCUT2D eigenvalue weighted by atomic mass is 10.00. The van der Waals surface area contributed by atoms with Crippen LogP contribution in [0.4, 0.5) is 0 Å². The highest BCUT2D eigenvalue weighted by Crippen LogP contribution is 2.12. The summed E-state index contributed by atoms with van der Waals surface area (Å²) in [7, 11) is 0. The third kappa shape index (κ3) is 8.35. The number of unbranched alkanes of at least 4 members (excludes halogenated alkanes) is 1. The molecule has 1 N–H and O–H groups in total. The zero-order valence-electron chi connectivity index (χ0n) is 14.0. The van der Waals surface area contributed by atoms with Crippen molar-refractivity contribution in [3.63, 3.8) is 0 Å². The zero-order valence-corrected chi connectivity index (χ0v) is 14.0. The summed E-state index contributed by atoms with van der Waals surface area (Å²) in [5.74, 6) is 0.716. The highest BCUT2D eigenvalue weighted by atomic mass is 15.3. The molecule has 4 heteroatoms. The largest absolute Gasteiger partial charge is 0.291 e. The van der Waals surface area contributed by atoms with Gasteiger partial charge < -0.3 is 0 Å². The van der Waals surface area contributed by atoms with Crippen LogP contribution in [0.1, 0.15) is 50.8 Å². The lowest BCUT2D eigenvalue weighted by molar-refractivity contribution is 0.463. The molecule has 1 aromatic heterocycles. The number of aliphatic imine (C=N–C) groups is 1. The fourth-order valence-corrected chi connectivity index (χ4v) is 2.02. The first-order valence-electron chi connectivity index (χ1n) is 8.13. The molecule has 0 aliphatic heterocycles. The number of nitrogens with one attached hydrogen (secondary N) is 1. The molecule has 0 spiro atoms. The Bertz CT molecular complexity index is 491. The number of nitrogens with zero attached hydrogens (tertiary/aromatic N) is 3. The van der Waals surface area contributed by atoms with Crippen LogP contribution in [0.5, 0.6) is 0 Å². The number of aromatic nitrogens is 3. The number of H-pyrrole nitrogens is 1. The van der Waals surface area contributed by atoms with E-state index in [1.165, 1.54) is 31.2 Å². The molecule has 2 rings (SSSR count). The maximum atomic E-state index is 4.39. The Morgan fingerprint density at radius 2 is 2.00 bits per heavy atom. The molecule has 1 unspecified atom stereocenters. The van der Waals surface area contributed by atoms with Gasteiger partial charge in [0.25, 0.3) is 0 Å². The third-order valence-electron chi connectivity index (χ3n) is 3.50. The average molecular weight is 300 g/mol. The summed E-state index contributed by atoms with van der Waals surface area (Å²) in [6.45, 7) is 7.45. The zero-order chi connectivity index (χ0) is 16.0. The third-order valence-corrected chi connectivity index (χ3v) is 3.50. The van der Waals surface area contributed by atoms with E-state index < -0.39 is 0 Å². The molecular weight excluding hydrogens is 272 g/mol. The quantitative estimate of drug-likeness (QED) is 0.769. The number of hydrogen-bond donors (Lipinski definition) is 1. The number of aryl methyl sites for hydroxylation is 1. The smallest absolute Gasteiger partial charge is 0.123 e. The van der Waals surface area contributed by atoms with Crippen LogP contribution < -0.4 is 0 Å². The van der Waals surface area contributed by atoms with Gasteiger partial charge in [0, 0.05) is 6.54 Å². The standard InChI is InChI=1S/C11H20N4.C7H8/c1-3-5-6-10(4-2)7-12-8-11-9-13-15-14-11;1-7-5-3-2-4-6-7/h8-10H,3-7H2,1-2H3,(H,13,14,15);2-6H,1H3. The van der Waals surface area contributed by atoms with Crippen LogP contribution in [0, 0.1) is 12.8 Å². The summed E-state index contributed by atoms with van der Waals surface area (Å²) in [5, 5.41) is 10.2. The predicted octanol–water partition coefficient (Wildman–Crippen LogP) is 4.44. The Morgan fingerprint density at radius 1 is 1.23 bits per heavy atom. The highest BCUT2D eigenvalue weighted by molar-refractivity contribution is 5.75. The summed E-state index contributed by atoms with van der Waals surface area (Å²) in [5.41, 5.74) is 2.13.